The topological polar surface area (TPSA) is 44.9 Å². The second kappa shape index (κ2) is 6.64. The van der Waals surface area contributed by atoms with Crippen molar-refractivity contribution in [1.82, 2.24) is 4.98 Å². The maximum atomic E-state index is 13.5. The van der Waals surface area contributed by atoms with Crippen molar-refractivity contribution in [1.29, 1.82) is 0 Å². The van der Waals surface area contributed by atoms with Gasteiger partial charge >= 0.3 is 6.18 Å². The minimum atomic E-state index is -4.66. The van der Waals surface area contributed by atoms with Gasteiger partial charge in [-0.15, -0.1) is 0 Å². The summed E-state index contributed by atoms with van der Waals surface area (Å²) in [6.07, 6.45) is -4.86. The van der Waals surface area contributed by atoms with E-state index in [-0.39, 0.29) is 17.1 Å². The van der Waals surface area contributed by atoms with Crippen LogP contribution in [0.25, 0.3) is 10.9 Å². The minimum absolute atomic E-state index is 0.0849. The van der Waals surface area contributed by atoms with Gasteiger partial charge in [0.2, 0.25) is 5.91 Å². The lowest BCUT2D eigenvalue weighted by Gasteiger charge is -2.14. The molecule has 0 spiro atoms. The number of carbonyl (C=O) groups excluding carboxylic acids is 1. The Morgan fingerprint density at radius 3 is 2.62 bits per heavy atom. The fourth-order valence-electron chi connectivity index (χ4n) is 2.80. The van der Waals surface area contributed by atoms with E-state index in [9.17, 15) is 22.4 Å². The van der Waals surface area contributed by atoms with Crippen LogP contribution in [0.4, 0.5) is 23.2 Å². The first kappa shape index (κ1) is 18.3. The normalized spacial score (nSPS) is 11.8. The molecule has 0 fully saturated rings. The molecule has 0 saturated carbocycles. The van der Waals surface area contributed by atoms with Crippen molar-refractivity contribution in [3.63, 3.8) is 0 Å². The Hall–Kier alpha value is -2.54. The van der Waals surface area contributed by atoms with Crippen molar-refractivity contribution in [3.8, 4) is 0 Å². The van der Waals surface area contributed by atoms with Gasteiger partial charge in [-0.05, 0) is 48.9 Å². The van der Waals surface area contributed by atoms with Crippen molar-refractivity contribution in [2.24, 2.45) is 0 Å². The Labute approximate surface area is 151 Å². The van der Waals surface area contributed by atoms with E-state index in [0.717, 1.165) is 12.1 Å². The van der Waals surface area contributed by atoms with Gasteiger partial charge in [0.25, 0.3) is 0 Å². The van der Waals surface area contributed by atoms with Gasteiger partial charge in [0.1, 0.15) is 5.82 Å². The average molecular weight is 385 g/mol. The predicted molar refractivity (Wildman–Crippen MR) is 91.8 cm³/mol. The number of hydrogen-bond acceptors (Lipinski definition) is 1. The van der Waals surface area contributed by atoms with Crippen LogP contribution < -0.4 is 5.32 Å². The summed E-state index contributed by atoms with van der Waals surface area (Å²) in [5.41, 5.74) is 0.414. The van der Waals surface area contributed by atoms with Crippen molar-refractivity contribution < 1.29 is 22.4 Å². The number of aromatic amines is 1. The van der Waals surface area contributed by atoms with Crippen molar-refractivity contribution in [2.45, 2.75) is 19.5 Å². The number of rotatable bonds is 3. The molecule has 0 bridgehead atoms. The molecule has 3 nitrogen and oxygen atoms in total. The molecule has 8 heteroatoms. The minimum Gasteiger partial charge on any atom is -0.358 e. The molecule has 1 heterocycles. The molecular formula is C18H13ClF4N2O. The Balaban J connectivity index is 1.89. The second-order valence-corrected chi connectivity index (χ2v) is 6.27. The highest BCUT2D eigenvalue weighted by Crippen LogP contribution is 2.36. The number of anilines is 1. The van der Waals surface area contributed by atoms with Gasteiger partial charge in [0.05, 0.1) is 17.7 Å². The molecule has 1 amide bonds. The first-order valence-corrected chi connectivity index (χ1v) is 7.96. The summed E-state index contributed by atoms with van der Waals surface area (Å²) >= 11 is 5.62. The molecule has 0 radical (unpaired) electrons. The van der Waals surface area contributed by atoms with E-state index in [1.807, 2.05) is 0 Å². The second-order valence-electron chi connectivity index (χ2n) is 5.83. The monoisotopic (exact) mass is 384 g/mol. The van der Waals surface area contributed by atoms with E-state index in [1.54, 1.807) is 13.0 Å². The average Bonchev–Trinajstić information content (AvgIpc) is 2.84. The molecule has 2 aromatic carbocycles. The highest BCUT2D eigenvalue weighted by atomic mass is 35.5. The predicted octanol–water partition coefficient (Wildman–Crippen LogP) is 5.47. The quantitative estimate of drug-likeness (QED) is 0.578. The van der Waals surface area contributed by atoms with Crippen molar-refractivity contribution in [3.05, 3.63) is 64.1 Å². The number of alkyl halides is 3. The van der Waals surface area contributed by atoms with E-state index in [1.165, 1.54) is 18.2 Å². The van der Waals surface area contributed by atoms with Crippen LogP contribution >= 0.6 is 11.6 Å². The third-order valence-corrected chi connectivity index (χ3v) is 4.22. The number of fused-ring (bicyclic) bond motifs is 1. The number of benzene rings is 2. The first-order valence-electron chi connectivity index (χ1n) is 7.58. The number of aromatic nitrogens is 1. The lowest BCUT2D eigenvalue weighted by Crippen LogP contribution is -2.18. The van der Waals surface area contributed by atoms with E-state index in [4.69, 9.17) is 11.6 Å². The van der Waals surface area contributed by atoms with Gasteiger partial charge in [-0.2, -0.15) is 13.2 Å². The molecule has 0 aliphatic heterocycles. The largest absolute Gasteiger partial charge is 0.418 e. The van der Waals surface area contributed by atoms with Crippen LogP contribution in [-0.4, -0.2) is 10.9 Å². The lowest BCUT2D eigenvalue weighted by atomic mass is 10.1. The molecule has 2 N–H and O–H groups in total. The zero-order valence-corrected chi connectivity index (χ0v) is 14.2. The van der Waals surface area contributed by atoms with E-state index in [0.29, 0.717) is 22.2 Å². The van der Waals surface area contributed by atoms with Crippen LogP contribution in [0.3, 0.4) is 0 Å². The maximum absolute atomic E-state index is 13.5. The Bertz CT molecular complexity index is 995. The number of H-pyrrole nitrogens is 1. The smallest absolute Gasteiger partial charge is 0.358 e. The Morgan fingerprint density at radius 1 is 1.19 bits per heavy atom. The summed E-state index contributed by atoms with van der Waals surface area (Å²) in [5.74, 6) is -1.11. The molecule has 26 heavy (non-hydrogen) atoms. The number of halogens is 5. The number of hydrogen-bond donors (Lipinski definition) is 2. The molecular weight excluding hydrogens is 372 g/mol. The zero-order chi connectivity index (χ0) is 19.1. The molecule has 136 valence electrons. The summed E-state index contributed by atoms with van der Waals surface area (Å²) < 4.78 is 52.8. The standard InChI is InChI=1S/C18H13ClF4N2O/c1-9-12(13-7-11(20)3-5-15(13)24-9)8-17(26)25-16-4-2-10(19)6-14(16)18(21,22)23/h2-7,24H,8H2,1H3,(H,25,26). The van der Waals surface area contributed by atoms with Gasteiger partial charge < -0.3 is 10.3 Å². The van der Waals surface area contributed by atoms with Crippen molar-refractivity contribution in [2.75, 3.05) is 5.32 Å². The molecule has 0 saturated heterocycles. The van der Waals surface area contributed by atoms with Crippen LogP contribution in [0.1, 0.15) is 16.8 Å². The van der Waals surface area contributed by atoms with Crippen LogP contribution in [0.15, 0.2) is 36.4 Å². The number of aryl methyl sites for hydroxylation is 1. The Morgan fingerprint density at radius 2 is 1.92 bits per heavy atom. The summed E-state index contributed by atoms with van der Waals surface area (Å²) in [4.78, 5) is 15.3. The van der Waals surface area contributed by atoms with Crippen LogP contribution in [0, 0.1) is 12.7 Å². The maximum Gasteiger partial charge on any atom is 0.418 e. The fraction of sp³-hybridized carbons (Fsp3) is 0.167. The Kier molecular flexibility index (Phi) is 4.66. The van der Waals surface area contributed by atoms with Crippen LogP contribution in [0.2, 0.25) is 5.02 Å². The van der Waals surface area contributed by atoms with E-state index in [2.05, 4.69) is 10.3 Å². The summed E-state index contributed by atoms with van der Waals surface area (Å²) in [6, 6.07) is 7.23. The molecule has 3 rings (SSSR count). The summed E-state index contributed by atoms with van der Waals surface area (Å²) in [7, 11) is 0. The molecule has 1 aromatic heterocycles. The zero-order valence-electron chi connectivity index (χ0n) is 13.5. The van der Waals surface area contributed by atoms with Crippen LogP contribution in [-0.2, 0) is 17.4 Å². The molecule has 0 unspecified atom stereocenters. The number of carbonyl (C=O) groups is 1. The van der Waals surface area contributed by atoms with Crippen LogP contribution in [0.5, 0.6) is 0 Å². The highest BCUT2D eigenvalue weighted by molar-refractivity contribution is 6.30. The SMILES string of the molecule is Cc1[nH]c2ccc(F)cc2c1CC(=O)Nc1ccc(Cl)cc1C(F)(F)F. The highest BCUT2D eigenvalue weighted by Gasteiger charge is 2.34. The third kappa shape index (κ3) is 3.67. The molecule has 0 atom stereocenters. The van der Waals surface area contributed by atoms with E-state index < -0.39 is 23.5 Å². The van der Waals surface area contributed by atoms with Gasteiger partial charge in [0, 0.05) is 21.6 Å². The summed E-state index contributed by atoms with van der Waals surface area (Å²) in [6.45, 7) is 1.71. The third-order valence-electron chi connectivity index (χ3n) is 3.98. The molecule has 0 aliphatic rings. The van der Waals surface area contributed by atoms with Gasteiger partial charge in [-0.3, -0.25) is 4.79 Å². The number of amides is 1. The molecule has 0 aliphatic carbocycles. The van der Waals surface area contributed by atoms with Gasteiger partial charge in [-0.1, -0.05) is 11.6 Å². The summed E-state index contributed by atoms with van der Waals surface area (Å²) in [5, 5.41) is 2.70. The van der Waals surface area contributed by atoms with Gasteiger partial charge in [0.15, 0.2) is 0 Å². The fourth-order valence-corrected chi connectivity index (χ4v) is 2.97. The molecule has 3 aromatic rings. The number of nitrogens with one attached hydrogen (secondary N) is 2. The lowest BCUT2D eigenvalue weighted by molar-refractivity contribution is -0.137. The van der Waals surface area contributed by atoms with Crippen molar-refractivity contribution >= 4 is 34.1 Å². The van der Waals surface area contributed by atoms with Gasteiger partial charge in [-0.25, -0.2) is 4.39 Å². The first-order chi connectivity index (χ1) is 12.1. The van der Waals surface area contributed by atoms with E-state index >= 15 is 0 Å².